The van der Waals surface area contributed by atoms with E-state index in [0.717, 1.165) is 17.7 Å². The van der Waals surface area contributed by atoms with Crippen molar-refractivity contribution >= 4 is 0 Å². The van der Waals surface area contributed by atoms with Crippen LogP contribution in [0.4, 0.5) is 0 Å². The summed E-state index contributed by atoms with van der Waals surface area (Å²) in [5.41, 5.74) is 0.999. The van der Waals surface area contributed by atoms with Crippen molar-refractivity contribution in [1.29, 1.82) is 0 Å². The normalized spacial score (nSPS) is 25.9. The number of hydrogen-bond acceptors (Lipinski definition) is 3. The number of rotatable bonds is 4. The van der Waals surface area contributed by atoms with E-state index in [-0.39, 0.29) is 11.7 Å². The quantitative estimate of drug-likeness (QED) is 0.911. The zero-order valence-electron chi connectivity index (χ0n) is 12.9. The Balaban J connectivity index is 1.57. The first-order valence-corrected chi connectivity index (χ1v) is 8.26. The molecule has 116 valence electrons. The molecule has 3 nitrogen and oxygen atoms in total. The molecule has 0 aromatic heterocycles. The fourth-order valence-electron chi connectivity index (χ4n) is 3.72. The minimum absolute atomic E-state index is 0.149. The van der Waals surface area contributed by atoms with Gasteiger partial charge in [0.25, 0.3) is 0 Å². The van der Waals surface area contributed by atoms with Gasteiger partial charge in [0.2, 0.25) is 0 Å². The molecule has 1 spiro atoms. The standard InChI is InChI=1S/C18H26O3/c1-14(19)16-7-3-4-8-17(16)20-13-15-9-12-18(21-15)10-5-2-6-11-18/h3-4,7-8,14-15,19H,2,5-6,9-13H2,1H3/t14-,15?/m0/s1. The van der Waals surface area contributed by atoms with Crippen LogP contribution in [0, 0.1) is 0 Å². The fourth-order valence-corrected chi connectivity index (χ4v) is 3.72. The first kappa shape index (κ1) is 14.9. The molecule has 0 radical (unpaired) electrons. The molecule has 0 bridgehead atoms. The van der Waals surface area contributed by atoms with Crippen molar-refractivity contribution in [3.8, 4) is 5.75 Å². The molecule has 1 aromatic rings. The zero-order chi connectivity index (χ0) is 14.7. The van der Waals surface area contributed by atoms with E-state index in [2.05, 4.69) is 0 Å². The monoisotopic (exact) mass is 290 g/mol. The van der Waals surface area contributed by atoms with Crippen LogP contribution in [0.15, 0.2) is 24.3 Å². The molecule has 21 heavy (non-hydrogen) atoms. The van der Waals surface area contributed by atoms with Crippen LogP contribution in [0.2, 0.25) is 0 Å². The summed E-state index contributed by atoms with van der Waals surface area (Å²) in [5.74, 6) is 0.778. The fraction of sp³-hybridized carbons (Fsp3) is 0.667. The van der Waals surface area contributed by atoms with Crippen LogP contribution in [0.25, 0.3) is 0 Å². The van der Waals surface area contributed by atoms with Gasteiger partial charge in [0.05, 0.1) is 17.8 Å². The molecule has 2 aliphatic rings. The average Bonchev–Trinajstić information content (AvgIpc) is 2.89. The Morgan fingerprint density at radius 2 is 2.00 bits per heavy atom. The van der Waals surface area contributed by atoms with Gasteiger partial charge in [-0.05, 0) is 38.7 Å². The van der Waals surface area contributed by atoms with Gasteiger partial charge < -0.3 is 14.6 Å². The highest BCUT2D eigenvalue weighted by atomic mass is 16.6. The molecule has 3 heteroatoms. The van der Waals surface area contributed by atoms with Crippen LogP contribution >= 0.6 is 0 Å². The van der Waals surface area contributed by atoms with Gasteiger partial charge in [-0.15, -0.1) is 0 Å². The summed E-state index contributed by atoms with van der Waals surface area (Å²) < 4.78 is 12.3. The largest absolute Gasteiger partial charge is 0.490 e. The van der Waals surface area contributed by atoms with Crippen LogP contribution in [0.5, 0.6) is 5.75 Å². The summed E-state index contributed by atoms with van der Waals surface area (Å²) in [5, 5.41) is 9.78. The van der Waals surface area contributed by atoms with Gasteiger partial charge in [0.15, 0.2) is 0 Å². The van der Waals surface area contributed by atoms with E-state index in [1.54, 1.807) is 6.92 Å². The average molecular weight is 290 g/mol. The van der Waals surface area contributed by atoms with Crippen molar-refractivity contribution in [2.75, 3.05) is 6.61 Å². The number of aliphatic hydroxyl groups is 1. The highest BCUT2D eigenvalue weighted by molar-refractivity contribution is 5.34. The van der Waals surface area contributed by atoms with Gasteiger partial charge in [-0.25, -0.2) is 0 Å². The molecule has 1 aromatic carbocycles. The van der Waals surface area contributed by atoms with Gasteiger partial charge in [0.1, 0.15) is 12.4 Å². The Kier molecular flexibility index (Phi) is 4.51. The van der Waals surface area contributed by atoms with E-state index in [4.69, 9.17) is 9.47 Å². The second-order valence-corrected chi connectivity index (χ2v) is 6.55. The summed E-state index contributed by atoms with van der Waals surface area (Å²) in [6.45, 7) is 2.36. The van der Waals surface area contributed by atoms with Crippen molar-refractivity contribution in [1.82, 2.24) is 0 Å². The SMILES string of the molecule is C[C@H](O)c1ccccc1OCC1CCC2(CCCCC2)O1. The minimum Gasteiger partial charge on any atom is -0.490 e. The van der Waals surface area contributed by atoms with Crippen molar-refractivity contribution in [2.45, 2.75) is 69.7 Å². The molecule has 1 N–H and O–H groups in total. The maximum Gasteiger partial charge on any atom is 0.125 e. The van der Waals surface area contributed by atoms with E-state index in [1.165, 1.54) is 38.5 Å². The first-order valence-electron chi connectivity index (χ1n) is 8.26. The zero-order valence-corrected chi connectivity index (χ0v) is 12.9. The maximum absolute atomic E-state index is 9.78. The molecule has 1 saturated heterocycles. The highest BCUT2D eigenvalue weighted by Crippen LogP contribution is 2.42. The van der Waals surface area contributed by atoms with Crippen LogP contribution in [-0.2, 0) is 4.74 Å². The maximum atomic E-state index is 9.78. The first-order chi connectivity index (χ1) is 10.2. The third-order valence-corrected chi connectivity index (χ3v) is 4.90. The molecule has 1 saturated carbocycles. The Hall–Kier alpha value is -1.06. The van der Waals surface area contributed by atoms with Crippen LogP contribution in [0.3, 0.4) is 0 Å². The predicted molar refractivity (Wildman–Crippen MR) is 82.5 cm³/mol. The summed E-state index contributed by atoms with van der Waals surface area (Å²) >= 11 is 0. The molecular formula is C18H26O3. The molecule has 2 atom stereocenters. The Labute approximate surface area is 127 Å². The number of hydrogen-bond donors (Lipinski definition) is 1. The third kappa shape index (κ3) is 3.41. The van der Waals surface area contributed by atoms with Crippen LogP contribution < -0.4 is 4.74 Å². The molecule has 0 amide bonds. The molecule has 3 rings (SSSR count). The van der Waals surface area contributed by atoms with Crippen LogP contribution in [-0.4, -0.2) is 23.4 Å². The summed E-state index contributed by atoms with van der Waals surface area (Å²) in [4.78, 5) is 0. The summed E-state index contributed by atoms with van der Waals surface area (Å²) in [7, 11) is 0. The summed E-state index contributed by atoms with van der Waals surface area (Å²) in [6, 6.07) is 7.71. The van der Waals surface area contributed by atoms with E-state index >= 15 is 0 Å². The topological polar surface area (TPSA) is 38.7 Å². The van der Waals surface area contributed by atoms with Crippen molar-refractivity contribution in [3.63, 3.8) is 0 Å². The Morgan fingerprint density at radius 1 is 1.24 bits per heavy atom. The van der Waals surface area contributed by atoms with E-state index in [9.17, 15) is 5.11 Å². The van der Waals surface area contributed by atoms with Gasteiger partial charge in [-0.2, -0.15) is 0 Å². The lowest BCUT2D eigenvalue weighted by Gasteiger charge is -2.33. The lowest BCUT2D eigenvalue weighted by atomic mass is 9.83. The second kappa shape index (κ2) is 6.37. The third-order valence-electron chi connectivity index (χ3n) is 4.90. The van der Waals surface area contributed by atoms with E-state index < -0.39 is 6.10 Å². The van der Waals surface area contributed by atoms with Crippen LogP contribution in [0.1, 0.15) is 63.5 Å². The lowest BCUT2D eigenvalue weighted by molar-refractivity contribution is -0.0750. The number of aliphatic hydroxyl groups excluding tert-OH is 1. The molecular weight excluding hydrogens is 264 g/mol. The number of ether oxygens (including phenoxy) is 2. The van der Waals surface area contributed by atoms with Crippen molar-refractivity contribution in [2.24, 2.45) is 0 Å². The van der Waals surface area contributed by atoms with Crippen molar-refractivity contribution < 1.29 is 14.6 Å². The Morgan fingerprint density at radius 3 is 2.76 bits per heavy atom. The minimum atomic E-state index is -0.504. The molecule has 1 aliphatic heterocycles. The highest BCUT2D eigenvalue weighted by Gasteiger charge is 2.40. The van der Waals surface area contributed by atoms with Gasteiger partial charge in [-0.3, -0.25) is 0 Å². The molecule has 1 unspecified atom stereocenters. The van der Waals surface area contributed by atoms with Crippen molar-refractivity contribution in [3.05, 3.63) is 29.8 Å². The predicted octanol–water partition coefficient (Wildman–Crippen LogP) is 4.00. The van der Waals surface area contributed by atoms with E-state index in [0.29, 0.717) is 6.61 Å². The van der Waals surface area contributed by atoms with Gasteiger partial charge in [-0.1, -0.05) is 37.5 Å². The lowest BCUT2D eigenvalue weighted by Crippen LogP contribution is -2.33. The smallest absolute Gasteiger partial charge is 0.125 e. The van der Waals surface area contributed by atoms with Gasteiger partial charge >= 0.3 is 0 Å². The summed E-state index contributed by atoms with van der Waals surface area (Å²) in [6.07, 6.45) is 8.36. The molecule has 2 fully saturated rings. The molecule has 1 heterocycles. The van der Waals surface area contributed by atoms with Gasteiger partial charge in [0, 0.05) is 5.56 Å². The second-order valence-electron chi connectivity index (χ2n) is 6.55. The molecule has 1 aliphatic carbocycles. The van der Waals surface area contributed by atoms with E-state index in [1.807, 2.05) is 24.3 Å². The number of para-hydroxylation sites is 1. The Bertz CT molecular complexity index is 463. The number of benzene rings is 1.